The third-order valence-corrected chi connectivity index (χ3v) is 4.65. The van der Waals surface area contributed by atoms with Gasteiger partial charge < -0.3 is 19.4 Å². The van der Waals surface area contributed by atoms with Gasteiger partial charge >= 0.3 is 0 Å². The van der Waals surface area contributed by atoms with Crippen molar-refractivity contribution in [2.24, 2.45) is 0 Å². The molecule has 1 aromatic carbocycles. The van der Waals surface area contributed by atoms with Crippen LogP contribution in [-0.4, -0.2) is 36.2 Å². The van der Waals surface area contributed by atoms with Crippen LogP contribution in [0, 0.1) is 0 Å². The number of hydrogen-bond acceptors (Lipinski definition) is 5. The lowest BCUT2D eigenvalue weighted by Crippen LogP contribution is -2.45. The van der Waals surface area contributed by atoms with Gasteiger partial charge in [0.15, 0.2) is 0 Å². The van der Waals surface area contributed by atoms with Crippen molar-refractivity contribution in [1.29, 1.82) is 0 Å². The molecule has 1 aliphatic heterocycles. The molecule has 4 rings (SSSR count). The van der Waals surface area contributed by atoms with Crippen LogP contribution in [0.15, 0.2) is 53.1 Å². The first-order valence-electron chi connectivity index (χ1n) is 9.20. The Morgan fingerprint density at radius 3 is 2.67 bits per heavy atom. The number of nitrogens with one attached hydrogen (secondary N) is 1. The van der Waals surface area contributed by atoms with Crippen molar-refractivity contribution in [3.8, 4) is 0 Å². The van der Waals surface area contributed by atoms with Gasteiger partial charge in [0, 0.05) is 24.7 Å². The molecule has 0 bridgehead atoms. The van der Waals surface area contributed by atoms with E-state index in [0.29, 0.717) is 12.1 Å². The molecule has 6 heteroatoms. The number of pyridine rings is 1. The van der Waals surface area contributed by atoms with E-state index in [1.54, 1.807) is 12.3 Å². The molecule has 1 N–H and O–H groups in total. The summed E-state index contributed by atoms with van der Waals surface area (Å²) in [7, 11) is 0. The van der Waals surface area contributed by atoms with Crippen molar-refractivity contribution in [2.45, 2.75) is 32.6 Å². The van der Waals surface area contributed by atoms with Crippen LogP contribution in [0.5, 0.6) is 0 Å². The second-order valence-electron chi connectivity index (χ2n) is 7.00. The van der Waals surface area contributed by atoms with E-state index >= 15 is 0 Å². The summed E-state index contributed by atoms with van der Waals surface area (Å²) in [5.41, 5.74) is 1.35. The fourth-order valence-electron chi connectivity index (χ4n) is 3.47. The molecule has 0 radical (unpaired) electrons. The first-order chi connectivity index (χ1) is 13.1. The third-order valence-electron chi connectivity index (χ3n) is 4.65. The van der Waals surface area contributed by atoms with Crippen LogP contribution in [-0.2, 0) is 11.3 Å². The van der Waals surface area contributed by atoms with Gasteiger partial charge in [-0.2, -0.15) is 0 Å². The van der Waals surface area contributed by atoms with Gasteiger partial charge in [0.2, 0.25) is 0 Å². The quantitative estimate of drug-likeness (QED) is 0.768. The number of benzene rings is 1. The van der Waals surface area contributed by atoms with E-state index in [0.717, 1.165) is 35.6 Å². The smallest absolute Gasteiger partial charge is 0.253 e. The first kappa shape index (κ1) is 17.5. The summed E-state index contributed by atoms with van der Waals surface area (Å²) in [5, 5.41) is 3.91. The normalized spacial score (nSPS) is 20.0. The highest BCUT2D eigenvalue weighted by Gasteiger charge is 2.23. The predicted molar refractivity (Wildman–Crippen MR) is 104 cm³/mol. The maximum atomic E-state index is 12.4. The minimum absolute atomic E-state index is 0.168. The minimum Gasteiger partial charge on any atom is -0.459 e. The number of hydrogen-bond donors (Lipinski definition) is 1. The Balaban J connectivity index is 1.38. The molecular weight excluding hydrogens is 342 g/mol. The maximum absolute atomic E-state index is 12.4. The Morgan fingerprint density at radius 2 is 1.96 bits per heavy atom. The molecule has 0 spiro atoms. The summed E-state index contributed by atoms with van der Waals surface area (Å²) >= 11 is 0. The Hall–Kier alpha value is -2.86. The Labute approximate surface area is 158 Å². The van der Waals surface area contributed by atoms with E-state index in [1.807, 2.05) is 36.4 Å². The van der Waals surface area contributed by atoms with Crippen LogP contribution >= 0.6 is 0 Å². The zero-order valence-electron chi connectivity index (χ0n) is 15.5. The summed E-state index contributed by atoms with van der Waals surface area (Å²) in [6, 6.07) is 13.4. The molecule has 140 valence electrons. The largest absolute Gasteiger partial charge is 0.459 e. The fourth-order valence-corrected chi connectivity index (χ4v) is 3.47. The second kappa shape index (κ2) is 7.40. The number of para-hydroxylation sites is 1. The van der Waals surface area contributed by atoms with Gasteiger partial charge in [0.25, 0.3) is 5.91 Å². The average Bonchev–Trinajstić information content (AvgIpc) is 3.08. The number of rotatable bonds is 4. The van der Waals surface area contributed by atoms with Crippen LogP contribution in [0.25, 0.3) is 11.0 Å². The zero-order valence-corrected chi connectivity index (χ0v) is 15.5. The molecule has 0 saturated carbocycles. The lowest BCUT2D eigenvalue weighted by molar-refractivity contribution is -0.00546. The molecular formula is C21H23N3O3. The number of amides is 1. The van der Waals surface area contributed by atoms with Crippen molar-refractivity contribution in [2.75, 3.05) is 18.0 Å². The van der Waals surface area contributed by atoms with Crippen LogP contribution in [0.2, 0.25) is 0 Å². The van der Waals surface area contributed by atoms with E-state index in [9.17, 15) is 4.79 Å². The highest BCUT2D eigenvalue weighted by molar-refractivity contribution is 5.94. The zero-order chi connectivity index (χ0) is 18.8. The number of carbonyl (C=O) groups is 1. The Morgan fingerprint density at radius 1 is 1.19 bits per heavy atom. The molecule has 0 aliphatic carbocycles. The molecule has 3 aromatic rings. The van der Waals surface area contributed by atoms with Crippen molar-refractivity contribution in [3.63, 3.8) is 0 Å². The SMILES string of the molecule is C[C@H]1CN(c2ccc(C(=O)NCc3cc4ccccc4o3)cn2)C[C@H](C)O1. The van der Waals surface area contributed by atoms with Crippen LogP contribution < -0.4 is 10.2 Å². The topological polar surface area (TPSA) is 67.6 Å². The molecule has 2 aromatic heterocycles. The number of aromatic nitrogens is 1. The van der Waals surface area contributed by atoms with Gasteiger partial charge in [0.1, 0.15) is 17.2 Å². The van der Waals surface area contributed by atoms with E-state index in [4.69, 9.17) is 9.15 Å². The number of ether oxygens (including phenoxy) is 1. The molecule has 0 unspecified atom stereocenters. The van der Waals surface area contributed by atoms with Crippen LogP contribution in [0.3, 0.4) is 0 Å². The summed E-state index contributed by atoms with van der Waals surface area (Å²) < 4.78 is 11.5. The Kier molecular flexibility index (Phi) is 4.81. The van der Waals surface area contributed by atoms with Crippen LogP contribution in [0.4, 0.5) is 5.82 Å². The first-order valence-corrected chi connectivity index (χ1v) is 9.20. The van der Waals surface area contributed by atoms with Crippen molar-refractivity contribution < 1.29 is 13.9 Å². The molecule has 1 amide bonds. The second-order valence-corrected chi connectivity index (χ2v) is 7.00. The van der Waals surface area contributed by atoms with Gasteiger partial charge in [-0.3, -0.25) is 4.79 Å². The molecule has 3 heterocycles. The number of anilines is 1. The van der Waals surface area contributed by atoms with E-state index in [2.05, 4.69) is 29.0 Å². The fraction of sp³-hybridized carbons (Fsp3) is 0.333. The monoisotopic (exact) mass is 365 g/mol. The standard InChI is InChI=1S/C21H23N3O3/c1-14-12-24(13-15(2)26-14)20-8-7-17(10-22-20)21(25)23-11-18-9-16-5-3-4-6-19(16)27-18/h3-10,14-15H,11-13H2,1-2H3,(H,23,25)/t14-,15-/m0/s1. The van der Waals surface area contributed by atoms with Gasteiger partial charge in [-0.15, -0.1) is 0 Å². The van der Waals surface area contributed by atoms with Gasteiger partial charge in [-0.25, -0.2) is 4.98 Å². The third kappa shape index (κ3) is 3.95. The lowest BCUT2D eigenvalue weighted by Gasteiger charge is -2.36. The molecule has 1 saturated heterocycles. The van der Waals surface area contributed by atoms with Gasteiger partial charge in [0.05, 0.1) is 24.3 Å². The molecule has 1 fully saturated rings. The maximum Gasteiger partial charge on any atom is 0.253 e. The summed E-state index contributed by atoms with van der Waals surface area (Å²) in [4.78, 5) is 19.1. The highest BCUT2D eigenvalue weighted by atomic mass is 16.5. The van der Waals surface area contributed by atoms with Crippen LogP contribution in [0.1, 0.15) is 30.0 Å². The van der Waals surface area contributed by atoms with Gasteiger partial charge in [-0.05, 0) is 38.1 Å². The molecule has 27 heavy (non-hydrogen) atoms. The highest BCUT2D eigenvalue weighted by Crippen LogP contribution is 2.20. The van der Waals surface area contributed by atoms with Crippen molar-refractivity contribution in [1.82, 2.24) is 10.3 Å². The van der Waals surface area contributed by atoms with Crippen molar-refractivity contribution >= 4 is 22.7 Å². The molecule has 1 aliphatic rings. The summed E-state index contributed by atoms with van der Waals surface area (Å²) in [6.07, 6.45) is 1.96. The lowest BCUT2D eigenvalue weighted by atomic mass is 10.2. The van der Waals surface area contributed by atoms with Crippen molar-refractivity contribution in [3.05, 3.63) is 60.0 Å². The number of fused-ring (bicyclic) bond motifs is 1. The molecule has 2 atom stereocenters. The minimum atomic E-state index is -0.168. The summed E-state index contributed by atoms with van der Waals surface area (Å²) in [5.74, 6) is 1.43. The number of nitrogens with zero attached hydrogens (tertiary/aromatic N) is 2. The van der Waals surface area contributed by atoms with E-state index in [1.165, 1.54) is 0 Å². The van der Waals surface area contributed by atoms with Gasteiger partial charge in [-0.1, -0.05) is 18.2 Å². The summed E-state index contributed by atoms with van der Waals surface area (Å²) in [6.45, 7) is 6.06. The molecule has 6 nitrogen and oxygen atoms in total. The Bertz CT molecular complexity index is 892. The number of furan rings is 1. The average molecular weight is 365 g/mol. The number of morpholine rings is 1. The van der Waals surface area contributed by atoms with E-state index in [-0.39, 0.29) is 18.1 Å². The van der Waals surface area contributed by atoms with E-state index < -0.39 is 0 Å². The number of carbonyl (C=O) groups excluding carboxylic acids is 1. The predicted octanol–water partition coefficient (Wildman–Crippen LogP) is 3.37.